The molecule has 2 N–H and O–H groups in total. The van der Waals surface area contributed by atoms with E-state index in [0.29, 0.717) is 22.0 Å². The first-order chi connectivity index (χ1) is 10.2. The number of carbonyl (C=O) groups is 1. The molecule has 0 radical (unpaired) electrons. The third kappa shape index (κ3) is 3.30. The molecule has 0 unspecified atom stereocenters. The predicted molar refractivity (Wildman–Crippen MR) is 81.6 cm³/mol. The average Bonchev–Trinajstić information content (AvgIpc) is 2.54. The minimum atomic E-state index is -0.147. The van der Waals surface area contributed by atoms with Crippen LogP contribution in [0.3, 0.4) is 0 Å². The Labute approximate surface area is 126 Å². The van der Waals surface area contributed by atoms with Crippen LogP contribution >= 0.6 is 11.8 Å². The smallest absolute Gasteiger partial charge is 0.251 e. The number of anilines is 2. The molecule has 0 bridgehead atoms. The molecule has 1 amide bonds. The molecule has 1 aromatic carbocycles. The molecule has 6 nitrogen and oxygen atoms in total. The zero-order chi connectivity index (χ0) is 15.2. The first-order valence-corrected chi connectivity index (χ1v) is 7.30. The second-order valence-electron chi connectivity index (χ2n) is 4.00. The first kappa shape index (κ1) is 14.8. The van der Waals surface area contributed by atoms with Gasteiger partial charge >= 0.3 is 0 Å². The molecule has 0 aliphatic rings. The summed E-state index contributed by atoms with van der Waals surface area (Å²) in [7, 11) is 1.58. The van der Waals surface area contributed by atoms with Gasteiger partial charge in [-0.25, -0.2) is 9.97 Å². The Hall–Kier alpha value is -2.59. The Bertz CT molecular complexity index is 694. The molecule has 0 fully saturated rings. The summed E-state index contributed by atoms with van der Waals surface area (Å²) < 4.78 is 0. The van der Waals surface area contributed by atoms with Crippen LogP contribution in [-0.2, 0) is 0 Å². The SMILES string of the molecule is CNC(=O)c1ccc(Nc2ncnc(SC)c2C#N)cc1. The molecule has 7 heteroatoms. The van der Waals surface area contributed by atoms with Crippen molar-refractivity contribution in [1.29, 1.82) is 5.26 Å². The Morgan fingerprint density at radius 1 is 1.29 bits per heavy atom. The van der Waals surface area contributed by atoms with Gasteiger partial charge in [0.15, 0.2) is 5.82 Å². The number of nitrogens with one attached hydrogen (secondary N) is 2. The number of amides is 1. The maximum Gasteiger partial charge on any atom is 0.251 e. The van der Waals surface area contributed by atoms with Crippen molar-refractivity contribution in [2.24, 2.45) is 0 Å². The van der Waals surface area contributed by atoms with Crippen molar-refractivity contribution in [3.63, 3.8) is 0 Å². The number of nitriles is 1. The molecule has 0 spiro atoms. The monoisotopic (exact) mass is 299 g/mol. The lowest BCUT2D eigenvalue weighted by Gasteiger charge is -2.09. The van der Waals surface area contributed by atoms with Gasteiger partial charge in [0.2, 0.25) is 0 Å². The Balaban J connectivity index is 2.27. The summed E-state index contributed by atoms with van der Waals surface area (Å²) in [4.78, 5) is 19.6. The van der Waals surface area contributed by atoms with Crippen molar-refractivity contribution in [2.75, 3.05) is 18.6 Å². The van der Waals surface area contributed by atoms with E-state index in [4.69, 9.17) is 0 Å². The molecule has 0 aliphatic carbocycles. The number of aromatic nitrogens is 2. The van der Waals surface area contributed by atoms with Gasteiger partial charge in [-0.05, 0) is 30.5 Å². The number of thioether (sulfide) groups is 1. The lowest BCUT2D eigenvalue weighted by atomic mass is 10.2. The van der Waals surface area contributed by atoms with Crippen molar-refractivity contribution >= 4 is 29.2 Å². The number of carbonyl (C=O) groups excluding carboxylic acids is 1. The number of rotatable bonds is 4. The summed E-state index contributed by atoms with van der Waals surface area (Å²) in [6.45, 7) is 0. The summed E-state index contributed by atoms with van der Waals surface area (Å²) in [6.07, 6.45) is 3.26. The lowest BCUT2D eigenvalue weighted by Crippen LogP contribution is -2.17. The molecular formula is C14H13N5OS. The summed E-state index contributed by atoms with van der Waals surface area (Å²) >= 11 is 1.39. The normalized spacial score (nSPS) is 9.76. The number of nitrogens with zero attached hydrogens (tertiary/aromatic N) is 3. The molecule has 2 aromatic rings. The van der Waals surface area contributed by atoms with Crippen LogP contribution in [0.1, 0.15) is 15.9 Å². The molecule has 0 saturated heterocycles. The summed E-state index contributed by atoms with van der Waals surface area (Å²) in [5.74, 6) is 0.301. The molecule has 2 rings (SSSR count). The third-order valence-corrected chi connectivity index (χ3v) is 3.45. The van der Waals surface area contributed by atoms with Gasteiger partial charge in [0, 0.05) is 18.3 Å². The number of hydrogen-bond acceptors (Lipinski definition) is 6. The van der Waals surface area contributed by atoms with Crippen LogP contribution in [0, 0.1) is 11.3 Å². The highest BCUT2D eigenvalue weighted by atomic mass is 32.2. The molecule has 1 heterocycles. The standard InChI is InChI=1S/C14H13N5OS/c1-16-13(20)9-3-5-10(6-4-9)19-12-11(7-15)14(21-2)18-8-17-12/h3-6,8H,1-2H3,(H,16,20)(H,17,18,19). The van der Waals surface area contributed by atoms with E-state index < -0.39 is 0 Å². The fourth-order valence-electron chi connectivity index (χ4n) is 1.71. The van der Waals surface area contributed by atoms with E-state index in [0.717, 1.165) is 5.69 Å². The van der Waals surface area contributed by atoms with Crippen LogP contribution in [-0.4, -0.2) is 29.2 Å². The van der Waals surface area contributed by atoms with Gasteiger partial charge in [0.25, 0.3) is 5.91 Å². The van der Waals surface area contributed by atoms with Crippen molar-refractivity contribution in [2.45, 2.75) is 5.03 Å². The summed E-state index contributed by atoms with van der Waals surface area (Å²) in [6, 6.07) is 9.01. The summed E-state index contributed by atoms with van der Waals surface area (Å²) in [5, 5.41) is 15.5. The van der Waals surface area contributed by atoms with E-state index >= 15 is 0 Å². The molecule has 1 aromatic heterocycles. The lowest BCUT2D eigenvalue weighted by molar-refractivity contribution is 0.0963. The number of benzene rings is 1. The highest BCUT2D eigenvalue weighted by Gasteiger charge is 2.10. The zero-order valence-corrected chi connectivity index (χ0v) is 12.4. The minimum absolute atomic E-state index is 0.147. The van der Waals surface area contributed by atoms with Gasteiger partial charge in [-0.15, -0.1) is 11.8 Å². The van der Waals surface area contributed by atoms with Crippen LogP contribution in [0.2, 0.25) is 0 Å². The van der Waals surface area contributed by atoms with Crippen LogP contribution in [0.25, 0.3) is 0 Å². The maximum absolute atomic E-state index is 11.5. The Kier molecular flexibility index (Phi) is 4.74. The quantitative estimate of drug-likeness (QED) is 0.664. The Morgan fingerprint density at radius 3 is 2.57 bits per heavy atom. The van der Waals surface area contributed by atoms with E-state index in [1.165, 1.54) is 18.1 Å². The second kappa shape index (κ2) is 6.72. The highest BCUT2D eigenvalue weighted by Crippen LogP contribution is 2.24. The van der Waals surface area contributed by atoms with Gasteiger partial charge in [0.1, 0.15) is 23.0 Å². The van der Waals surface area contributed by atoms with E-state index in [1.807, 2.05) is 6.26 Å². The molecule has 21 heavy (non-hydrogen) atoms. The average molecular weight is 299 g/mol. The molecule has 0 aliphatic heterocycles. The van der Waals surface area contributed by atoms with Gasteiger partial charge in [-0.2, -0.15) is 5.26 Å². The van der Waals surface area contributed by atoms with Gasteiger partial charge in [-0.3, -0.25) is 4.79 Å². The second-order valence-corrected chi connectivity index (χ2v) is 4.79. The van der Waals surface area contributed by atoms with Crippen molar-refractivity contribution in [1.82, 2.24) is 15.3 Å². The fraction of sp³-hybridized carbons (Fsp3) is 0.143. The number of hydrogen-bond donors (Lipinski definition) is 2. The van der Waals surface area contributed by atoms with E-state index in [2.05, 4.69) is 26.7 Å². The van der Waals surface area contributed by atoms with Gasteiger partial charge in [0.05, 0.1) is 0 Å². The third-order valence-electron chi connectivity index (χ3n) is 2.75. The fourth-order valence-corrected chi connectivity index (χ4v) is 2.20. The predicted octanol–water partition coefficient (Wildman–Crippen LogP) is 2.17. The van der Waals surface area contributed by atoms with Gasteiger partial charge < -0.3 is 10.6 Å². The largest absolute Gasteiger partial charge is 0.355 e. The van der Waals surface area contributed by atoms with Crippen LogP contribution < -0.4 is 10.6 Å². The maximum atomic E-state index is 11.5. The molecular weight excluding hydrogens is 286 g/mol. The van der Waals surface area contributed by atoms with Crippen molar-refractivity contribution in [3.8, 4) is 6.07 Å². The Morgan fingerprint density at radius 2 is 2.00 bits per heavy atom. The molecule has 0 saturated carbocycles. The molecule has 106 valence electrons. The topological polar surface area (TPSA) is 90.7 Å². The minimum Gasteiger partial charge on any atom is -0.355 e. The van der Waals surface area contributed by atoms with Crippen molar-refractivity contribution in [3.05, 3.63) is 41.7 Å². The van der Waals surface area contributed by atoms with Crippen LogP contribution in [0.5, 0.6) is 0 Å². The van der Waals surface area contributed by atoms with E-state index in [9.17, 15) is 10.1 Å². The summed E-state index contributed by atoms with van der Waals surface area (Å²) in [5.41, 5.74) is 1.71. The van der Waals surface area contributed by atoms with Crippen molar-refractivity contribution < 1.29 is 4.79 Å². The zero-order valence-electron chi connectivity index (χ0n) is 11.5. The van der Waals surface area contributed by atoms with E-state index in [1.54, 1.807) is 31.3 Å². The first-order valence-electron chi connectivity index (χ1n) is 6.08. The molecule has 0 atom stereocenters. The highest BCUT2D eigenvalue weighted by molar-refractivity contribution is 7.98. The van der Waals surface area contributed by atoms with E-state index in [-0.39, 0.29) is 5.91 Å². The van der Waals surface area contributed by atoms with Crippen LogP contribution in [0.15, 0.2) is 35.6 Å². The van der Waals surface area contributed by atoms with Crippen LogP contribution in [0.4, 0.5) is 11.5 Å². The van der Waals surface area contributed by atoms with Gasteiger partial charge in [-0.1, -0.05) is 0 Å².